The van der Waals surface area contributed by atoms with Crippen LogP contribution in [0.4, 0.5) is 17.6 Å². The van der Waals surface area contributed by atoms with Crippen LogP contribution in [0.15, 0.2) is 70.7 Å². The van der Waals surface area contributed by atoms with E-state index < -0.39 is 35.5 Å². The molecule has 0 unspecified atom stereocenters. The minimum absolute atomic E-state index is 0.249. The van der Waals surface area contributed by atoms with Crippen molar-refractivity contribution in [2.75, 3.05) is 0 Å². The molecule has 154 valence electrons. The minimum Gasteiger partial charge on any atom is -0.364 e. The van der Waals surface area contributed by atoms with Gasteiger partial charge < -0.3 is 5.32 Å². The summed E-state index contributed by atoms with van der Waals surface area (Å²) in [5.41, 5.74) is -0.717. The standard InChI is InChI=1S/C21H16F4N4O/c1-12-21(14-3-5-16(22)6-4-14,15-8-9-26-17(23)10-15)28-19(27-12)13-2-7-18(30)29(11-13)20(24)25/h2-12,20H,1H3,(H,27,28)/t12-,21+/m0/s1. The number of amidine groups is 1. The molecule has 0 bridgehead atoms. The number of aliphatic imine (C=N–C) groups is 1. The first-order valence-electron chi connectivity index (χ1n) is 9.06. The Morgan fingerprint density at radius 3 is 2.47 bits per heavy atom. The van der Waals surface area contributed by atoms with E-state index in [4.69, 9.17) is 4.99 Å². The van der Waals surface area contributed by atoms with Crippen molar-refractivity contribution >= 4 is 5.84 Å². The predicted octanol–water partition coefficient (Wildman–Crippen LogP) is 3.60. The zero-order chi connectivity index (χ0) is 21.5. The van der Waals surface area contributed by atoms with Crippen molar-refractivity contribution < 1.29 is 17.6 Å². The Kier molecular flexibility index (Phi) is 4.89. The lowest BCUT2D eigenvalue weighted by Gasteiger charge is -2.31. The monoisotopic (exact) mass is 416 g/mol. The molecule has 0 aliphatic carbocycles. The molecule has 3 aromatic rings. The largest absolute Gasteiger partial charge is 0.364 e. The maximum absolute atomic E-state index is 13.9. The van der Waals surface area contributed by atoms with Gasteiger partial charge in [-0.25, -0.2) is 14.4 Å². The van der Waals surface area contributed by atoms with Gasteiger partial charge in [-0.15, -0.1) is 0 Å². The molecule has 1 aliphatic heterocycles. The van der Waals surface area contributed by atoms with Gasteiger partial charge in [0.25, 0.3) is 5.56 Å². The molecule has 2 atom stereocenters. The van der Waals surface area contributed by atoms with Gasteiger partial charge in [-0.1, -0.05) is 12.1 Å². The van der Waals surface area contributed by atoms with E-state index in [2.05, 4.69) is 10.3 Å². The third-order valence-electron chi connectivity index (χ3n) is 5.14. The van der Waals surface area contributed by atoms with Crippen LogP contribution in [0, 0.1) is 11.8 Å². The summed E-state index contributed by atoms with van der Waals surface area (Å²) in [6, 6.07) is 10.4. The highest BCUT2D eigenvalue weighted by Gasteiger charge is 2.45. The molecule has 9 heteroatoms. The van der Waals surface area contributed by atoms with Gasteiger partial charge in [0.2, 0.25) is 5.95 Å². The number of pyridine rings is 2. The minimum atomic E-state index is -3.01. The number of halogens is 4. The van der Waals surface area contributed by atoms with Crippen LogP contribution < -0.4 is 10.9 Å². The van der Waals surface area contributed by atoms with Gasteiger partial charge >= 0.3 is 6.55 Å². The van der Waals surface area contributed by atoms with Gasteiger partial charge in [-0.3, -0.25) is 9.36 Å². The van der Waals surface area contributed by atoms with Crippen molar-refractivity contribution in [2.45, 2.75) is 25.1 Å². The summed E-state index contributed by atoms with van der Waals surface area (Å²) >= 11 is 0. The lowest BCUT2D eigenvalue weighted by molar-refractivity contribution is 0.0663. The summed E-state index contributed by atoms with van der Waals surface area (Å²) < 4.78 is 54.1. The molecule has 0 spiro atoms. The number of hydrogen-bond acceptors (Lipinski definition) is 4. The third kappa shape index (κ3) is 3.26. The second-order valence-electron chi connectivity index (χ2n) is 6.91. The molecule has 1 N–H and O–H groups in total. The Balaban J connectivity index is 1.93. The molecule has 0 amide bonds. The molecule has 0 fully saturated rings. The summed E-state index contributed by atoms with van der Waals surface area (Å²) in [4.78, 5) is 20.0. The first-order valence-corrected chi connectivity index (χ1v) is 9.06. The molecule has 2 aromatic heterocycles. The van der Waals surface area contributed by atoms with E-state index in [1.165, 1.54) is 30.5 Å². The van der Waals surface area contributed by atoms with E-state index in [0.29, 0.717) is 15.7 Å². The van der Waals surface area contributed by atoms with Crippen LogP contribution in [0.25, 0.3) is 0 Å². The van der Waals surface area contributed by atoms with Gasteiger partial charge in [0.15, 0.2) is 0 Å². The zero-order valence-electron chi connectivity index (χ0n) is 15.7. The second-order valence-corrected chi connectivity index (χ2v) is 6.91. The van der Waals surface area contributed by atoms with Crippen molar-refractivity contribution in [2.24, 2.45) is 4.99 Å². The molecule has 30 heavy (non-hydrogen) atoms. The fourth-order valence-electron chi connectivity index (χ4n) is 3.70. The van der Waals surface area contributed by atoms with Crippen molar-refractivity contribution in [3.8, 4) is 0 Å². The number of hydrogen-bond donors (Lipinski definition) is 1. The van der Waals surface area contributed by atoms with E-state index >= 15 is 0 Å². The summed E-state index contributed by atoms with van der Waals surface area (Å²) in [6.07, 6.45) is 2.31. The highest BCUT2D eigenvalue weighted by atomic mass is 19.3. The number of nitrogens with one attached hydrogen (secondary N) is 1. The quantitative estimate of drug-likeness (QED) is 0.522. The van der Waals surface area contributed by atoms with E-state index in [0.717, 1.165) is 12.3 Å². The molecule has 4 rings (SSSR count). The molecule has 0 saturated carbocycles. The van der Waals surface area contributed by atoms with Gasteiger partial charge in [0.05, 0.1) is 6.04 Å². The Morgan fingerprint density at radius 1 is 1.07 bits per heavy atom. The number of benzene rings is 1. The molecule has 1 aromatic carbocycles. The predicted molar refractivity (Wildman–Crippen MR) is 102 cm³/mol. The Hall–Kier alpha value is -3.49. The van der Waals surface area contributed by atoms with E-state index in [1.54, 1.807) is 25.1 Å². The highest BCUT2D eigenvalue weighted by molar-refractivity contribution is 6.00. The first-order chi connectivity index (χ1) is 14.3. The van der Waals surface area contributed by atoms with Gasteiger partial charge in [-0.2, -0.15) is 13.2 Å². The number of alkyl halides is 2. The highest BCUT2D eigenvalue weighted by Crippen LogP contribution is 2.41. The molecule has 3 heterocycles. The second kappa shape index (κ2) is 7.40. The van der Waals surface area contributed by atoms with Crippen molar-refractivity contribution in [1.82, 2.24) is 14.9 Å². The van der Waals surface area contributed by atoms with Crippen molar-refractivity contribution in [1.29, 1.82) is 0 Å². The number of nitrogens with zero attached hydrogens (tertiary/aromatic N) is 3. The zero-order valence-corrected chi connectivity index (χ0v) is 15.7. The summed E-state index contributed by atoms with van der Waals surface area (Å²) in [5.74, 6) is -0.906. The first kappa shape index (κ1) is 19.8. The fraction of sp³-hybridized carbons (Fsp3) is 0.190. The lowest BCUT2D eigenvalue weighted by atomic mass is 9.79. The molecule has 0 saturated heterocycles. The normalized spacial score (nSPS) is 20.9. The maximum atomic E-state index is 13.9. The molecular formula is C21H16F4N4O. The Bertz CT molecular complexity index is 1180. The summed E-state index contributed by atoms with van der Waals surface area (Å²) in [7, 11) is 0. The molecule has 0 radical (unpaired) electrons. The van der Waals surface area contributed by atoms with Crippen LogP contribution in [0.2, 0.25) is 0 Å². The van der Waals surface area contributed by atoms with Crippen LogP contribution in [0.1, 0.15) is 30.2 Å². The van der Waals surface area contributed by atoms with Gasteiger partial charge in [-0.05, 0) is 48.4 Å². The van der Waals surface area contributed by atoms with E-state index in [9.17, 15) is 22.4 Å². The van der Waals surface area contributed by atoms with Crippen LogP contribution in [0.3, 0.4) is 0 Å². The number of rotatable bonds is 4. The van der Waals surface area contributed by atoms with Crippen LogP contribution >= 0.6 is 0 Å². The third-order valence-corrected chi connectivity index (χ3v) is 5.14. The van der Waals surface area contributed by atoms with Gasteiger partial charge in [0.1, 0.15) is 17.2 Å². The molecule has 1 aliphatic rings. The summed E-state index contributed by atoms with van der Waals surface area (Å²) in [6.45, 7) is -1.21. The summed E-state index contributed by atoms with van der Waals surface area (Å²) in [5, 5.41) is 3.13. The topological polar surface area (TPSA) is 59.3 Å². The molecular weight excluding hydrogens is 400 g/mol. The Labute approximate surface area is 168 Å². The van der Waals surface area contributed by atoms with Crippen LogP contribution in [-0.4, -0.2) is 21.4 Å². The van der Waals surface area contributed by atoms with Crippen LogP contribution in [-0.2, 0) is 5.54 Å². The van der Waals surface area contributed by atoms with Crippen molar-refractivity contribution in [3.63, 3.8) is 0 Å². The number of aromatic nitrogens is 2. The van der Waals surface area contributed by atoms with Crippen molar-refractivity contribution in [3.05, 3.63) is 99.7 Å². The van der Waals surface area contributed by atoms with Gasteiger partial charge in [0, 0.05) is 24.0 Å². The SMILES string of the molecule is C[C@@H]1NC(c2ccc(=O)n(C(F)F)c2)=N[C@]1(c1ccc(F)cc1)c1ccnc(F)c1. The van der Waals surface area contributed by atoms with E-state index in [1.807, 2.05) is 0 Å². The fourth-order valence-corrected chi connectivity index (χ4v) is 3.70. The van der Waals surface area contributed by atoms with Crippen LogP contribution in [0.5, 0.6) is 0 Å². The van der Waals surface area contributed by atoms with E-state index in [-0.39, 0.29) is 11.4 Å². The Morgan fingerprint density at radius 2 is 1.80 bits per heavy atom. The molecule has 5 nitrogen and oxygen atoms in total. The maximum Gasteiger partial charge on any atom is 0.321 e. The average Bonchev–Trinajstić information content (AvgIpc) is 3.07. The lowest BCUT2D eigenvalue weighted by Crippen LogP contribution is -2.41. The smallest absolute Gasteiger partial charge is 0.321 e. The average molecular weight is 416 g/mol.